The smallest absolute Gasteiger partial charge is 0.228 e. The van der Waals surface area contributed by atoms with Crippen LogP contribution in [-0.4, -0.2) is 52.5 Å². The minimum absolute atomic E-state index is 0.161. The fraction of sp³-hybridized carbons (Fsp3) is 0.933. The van der Waals surface area contributed by atoms with Gasteiger partial charge in [0, 0.05) is 26.9 Å². The highest BCUT2D eigenvalue weighted by Gasteiger charge is 2.40. The predicted molar refractivity (Wildman–Crippen MR) is 77.6 cm³/mol. The van der Waals surface area contributed by atoms with Gasteiger partial charge in [-0.15, -0.1) is 0 Å². The van der Waals surface area contributed by atoms with Crippen LogP contribution in [0.3, 0.4) is 0 Å². The highest BCUT2D eigenvalue weighted by Crippen LogP contribution is 2.32. The van der Waals surface area contributed by atoms with Gasteiger partial charge in [-0.25, -0.2) is 0 Å². The summed E-state index contributed by atoms with van der Waals surface area (Å²) in [5.74, 6) is 0.161. The monoisotopic (exact) mass is 284 g/mol. The molecule has 2 heterocycles. The second-order valence-corrected chi connectivity index (χ2v) is 6.57. The zero-order valence-electron chi connectivity index (χ0n) is 12.8. The Morgan fingerprint density at radius 1 is 1.25 bits per heavy atom. The molecule has 0 saturated carbocycles. The van der Waals surface area contributed by atoms with E-state index in [2.05, 4.69) is 17.6 Å². The molecule has 0 atom stereocenters. The topological polar surface area (TPSA) is 59.6 Å². The van der Waals surface area contributed by atoms with Gasteiger partial charge < -0.3 is 20.1 Å². The summed E-state index contributed by atoms with van der Waals surface area (Å²) in [6.45, 7) is 6.89. The van der Waals surface area contributed by atoms with E-state index in [0.29, 0.717) is 6.61 Å². The summed E-state index contributed by atoms with van der Waals surface area (Å²) in [6, 6.07) is 0. The zero-order valence-corrected chi connectivity index (χ0v) is 12.8. The van der Waals surface area contributed by atoms with Gasteiger partial charge in [0.1, 0.15) is 0 Å². The molecule has 2 aliphatic rings. The molecule has 116 valence electrons. The van der Waals surface area contributed by atoms with Crippen LogP contribution in [-0.2, 0) is 14.3 Å². The van der Waals surface area contributed by atoms with Crippen LogP contribution >= 0.6 is 0 Å². The Kier molecular flexibility index (Phi) is 5.41. The van der Waals surface area contributed by atoms with Gasteiger partial charge >= 0.3 is 0 Å². The Balaban J connectivity index is 1.91. The fourth-order valence-corrected chi connectivity index (χ4v) is 3.14. The third-order valence-electron chi connectivity index (χ3n) is 4.84. The second-order valence-electron chi connectivity index (χ2n) is 6.57. The summed E-state index contributed by atoms with van der Waals surface area (Å²) in [5.41, 5.74) is -0.170. The van der Waals surface area contributed by atoms with E-state index in [1.165, 1.54) is 0 Å². The van der Waals surface area contributed by atoms with Crippen molar-refractivity contribution in [2.45, 2.75) is 32.6 Å². The van der Waals surface area contributed by atoms with E-state index in [-0.39, 0.29) is 16.7 Å². The van der Waals surface area contributed by atoms with Crippen LogP contribution in [0.25, 0.3) is 0 Å². The summed E-state index contributed by atoms with van der Waals surface area (Å²) < 4.78 is 10.7. The fourth-order valence-electron chi connectivity index (χ4n) is 3.14. The lowest BCUT2D eigenvalue weighted by Gasteiger charge is -2.38. The minimum atomic E-state index is -0.346. The number of amides is 1. The zero-order chi connectivity index (χ0) is 14.5. The number of hydrogen-bond donors (Lipinski definition) is 2. The molecule has 20 heavy (non-hydrogen) atoms. The SMILES string of the molecule is COCC1(C(=O)NCC2(C)CCOCC2)CCNCC1. The maximum absolute atomic E-state index is 12.6. The van der Waals surface area contributed by atoms with E-state index < -0.39 is 0 Å². The van der Waals surface area contributed by atoms with Gasteiger partial charge in [0.15, 0.2) is 0 Å². The summed E-state index contributed by atoms with van der Waals surface area (Å²) in [7, 11) is 1.68. The number of ether oxygens (including phenoxy) is 2. The summed E-state index contributed by atoms with van der Waals surface area (Å²) >= 11 is 0. The van der Waals surface area contributed by atoms with Crippen LogP contribution in [0.4, 0.5) is 0 Å². The van der Waals surface area contributed by atoms with E-state index in [1.54, 1.807) is 7.11 Å². The van der Waals surface area contributed by atoms with Crippen LogP contribution in [0.2, 0.25) is 0 Å². The molecule has 0 radical (unpaired) electrons. The molecule has 2 fully saturated rings. The molecule has 2 aliphatic heterocycles. The third kappa shape index (κ3) is 3.71. The predicted octanol–water partition coefficient (Wildman–Crippen LogP) is 0.935. The largest absolute Gasteiger partial charge is 0.384 e. The van der Waals surface area contributed by atoms with Gasteiger partial charge in [-0.2, -0.15) is 0 Å². The first-order chi connectivity index (χ1) is 9.60. The average molecular weight is 284 g/mol. The lowest BCUT2D eigenvalue weighted by molar-refractivity contribution is -0.137. The van der Waals surface area contributed by atoms with Crippen molar-refractivity contribution >= 4 is 5.91 Å². The van der Waals surface area contributed by atoms with Crippen LogP contribution in [0.15, 0.2) is 0 Å². The van der Waals surface area contributed by atoms with Crippen molar-refractivity contribution in [3.63, 3.8) is 0 Å². The molecule has 2 rings (SSSR count). The molecule has 5 nitrogen and oxygen atoms in total. The van der Waals surface area contributed by atoms with E-state index in [0.717, 1.165) is 58.5 Å². The molecule has 0 aliphatic carbocycles. The van der Waals surface area contributed by atoms with Crippen molar-refractivity contribution in [2.24, 2.45) is 10.8 Å². The molecule has 0 bridgehead atoms. The van der Waals surface area contributed by atoms with Crippen molar-refractivity contribution in [1.82, 2.24) is 10.6 Å². The first kappa shape index (κ1) is 15.7. The van der Waals surface area contributed by atoms with Gasteiger partial charge in [0.05, 0.1) is 12.0 Å². The van der Waals surface area contributed by atoms with Crippen molar-refractivity contribution in [3.05, 3.63) is 0 Å². The molecule has 0 aromatic carbocycles. The Labute approximate surface area is 121 Å². The Morgan fingerprint density at radius 2 is 1.90 bits per heavy atom. The molecular weight excluding hydrogens is 256 g/mol. The van der Waals surface area contributed by atoms with Crippen molar-refractivity contribution < 1.29 is 14.3 Å². The van der Waals surface area contributed by atoms with E-state index in [9.17, 15) is 4.79 Å². The lowest BCUT2D eigenvalue weighted by Crippen LogP contribution is -2.52. The van der Waals surface area contributed by atoms with Gasteiger partial charge in [0.25, 0.3) is 0 Å². The molecule has 2 saturated heterocycles. The first-order valence-corrected chi connectivity index (χ1v) is 7.66. The quantitative estimate of drug-likeness (QED) is 0.789. The minimum Gasteiger partial charge on any atom is -0.384 e. The van der Waals surface area contributed by atoms with Crippen molar-refractivity contribution in [3.8, 4) is 0 Å². The maximum atomic E-state index is 12.6. The molecule has 1 amide bonds. The Bertz CT molecular complexity index is 316. The molecule has 0 unspecified atom stereocenters. The van der Waals surface area contributed by atoms with Gasteiger partial charge in [-0.1, -0.05) is 6.92 Å². The van der Waals surface area contributed by atoms with E-state index in [4.69, 9.17) is 9.47 Å². The molecule has 2 N–H and O–H groups in total. The molecule has 0 aromatic rings. The number of carbonyl (C=O) groups is 1. The highest BCUT2D eigenvalue weighted by molar-refractivity contribution is 5.83. The van der Waals surface area contributed by atoms with Crippen molar-refractivity contribution in [2.75, 3.05) is 46.6 Å². The van der Waals surface area contributed by atoms with Gasteiger partial charge in [0.2, 0.25) is 5.91 Å². The standard InChI is InChI=1S/C15H28N2O3/c1-14(5-9-20-10-6-14)11-17-13(18)15(12-19-2)3-7-16-8-4-15/h16H,3-12H2,1-2H3,(H,17,18). The van der Waals surface area contributed by atoms with Crippen LogP contribution in [0, 0.1) is 10.8 Å². The van der Waals surface area contributed by atoms with Gasteiger partial charge in [-0.05, 0) is 44.2 Å². The van der Waals surface area contributed by atoms with Crippen molar-refractivity contribution in [1.29, 1.82) is 0 Å². The number of hydrogen-bond acceptors (Lipinski definition) is 4. The summed E-state index contributed by atoms with van der Waals surface area (Å²) in [5, 5.41) is 6.50. The van der Waals surface area contributed by atoms with Crippen LogP contribution < -0.4 is 10.6 Å². The molecule has 0 aromatic heterocycles. The maximum Gasteiger partial charge on any atom is 0.228 e. The van der Waals surface area contributed by atoms with E-state index in [1.807, 2.05) is 0 Å². The average Bonchev–Trinajstić information content (AvgIpc) is 2.47. The molecule has 5 heteroatoms. The Hall–Kier alpha value is -0.650. The number of piperidine rings is 1. The first-order valence-electron chi connectivity index (χ1n) is 7.66. The number of rotatable bonds is 5. The number of nitrogens with one attached hydrogen (secondary N) is 2. The number of methoxy groups -OCH3 is 1. The summed E-state index contributed by atoms with van der Waals surface area (Å²) in [4.78, 5) is 12.6. The summed E-state index contributed by atoms with van der Waals surface area (Å²) in [6.07, 6.45) is 3.75. The highest BCUT2D eigenvalue weighted by atomic mass is 16.5. The second kappa shape index (κ2) is 6.87. The molecular formula is C15H28N2O3. The van der Waals surface area contributed by atoms with Crippen LogP contribution in [0.1, 0.15) is 32.6 Å². The normalized spacial score (nSPS) is 25.1. The Morgan fingerprint density at radius 3 is 2.50 bits per heavy atom. The third-order valence-corrected chi connectivity index (χ3v) is 4.84. The molecule has 0 spiro atoms. The van der Waals surface area contributed by atoms with E-state index >= 15 is 0 Å². The lowest BCUT2D eigenvalue weighted by atomic mass is 9.77. The van der Waals surface area contributed by atoms with Crippen LogP contribution in [0.5, 0.6) is 0 Å². The van der Waals surface area contributed by atoms with Gasteiger partial charge in [-0.3, -0.25) is 4.79 Å². The number of carbonyl (C=O) groups excluding carboxylic acids is 1.